The Hall–Kier alpha value is -1.33. The summed E-state index contributed by atoms with van der Waals surface area (Å²) in [6.07, 6.45) is 5.60. The van der Waals surface area contributed by atoms with Crippen molar-refractivity contribution in [3.05, 3.63) is 18.0 Å². The third-order valence-corrected chi connectivity index (χ3v) is 3.91. The van der Waals surface area contributed by atoms with Crippen molar-refractivity contribution in [2.75, 3.05) is 34.4 Å². The third-order valence-electron chi connectivity index (χ3n) is 3.91. The van der Waals surface area contributed by atoms with Crippen LogP contribution in [-0.4, -0.2) is 50.3 Å². The highest BCUT2D eigenvalue weighted by Gasteiger charge is 2.24. The highest BCUT2D eigenvalue weighted by Crippen LogP contribution is 2.31. The van der Waals surface area contributed by atoms with Crippen LogP contribution in [0.2, 0.25) is 0 Å². The molecule has 0 radical (unpaired) electrons. The minimum absolute atomic E-state index is 0.575. The first-order valence-electron chi connectivity index (χ1n) is 7.24. The van der Waals surface area contributed by atoms with Crippen molar-refractivity contribution >= 4 is 0 Å². The number of nitrogens with one attached hydrogen (secondary N) is 1. The summed E-state index contributed by atoms with van der Waals surface area (Å²) in [5, 5.41) is 3.29. The van der Waals surface area contributed by atoms with Crippen molar-refractivity contribution in [1.82, 2.24) is 15.2 Å². The molecule has 0 bridgehead atoms. The molecular weight excluding hydrogens is 254 g/mol. The van der Waals surface area contributed by atoms with Crippen LogP contribution in [0.3, 0.4) is 0 Å². The number of hydrogen-bond donors (Lipinski definition) is 1. The van der Waals surface area contributed by atoms with Gasteiger partial charge in [-0.05, 0) is 26.4 Å². The maximum atomic E-state index is 5.47. The second-order valence-corrected chi connectivity index (χ2v) is 5.17. The topological polar surface area (TPSA) is 46.6 Å². The van der Waals surface area contributed by atoms with E-state index in [1.54, 1.807) is 20.4 Å². The fourth-order valence-corrected chi connectivity index (χ4v) is 2.89. The summed E-state index contributed by atoms with van der Waals surface area (Å²) in [6, 6.07) is 2.41. The van der Waals surface area contributed by atoms with E-state index in [0.717, 1.165) is 36.8 Å². The van der Waals surface area contributed by atoms with Crippen LogP contribution in [0, 0.1) is 0 Å². The van der Waals surface area contributed by atoms with Gasteiger partial charge in [0.05, 0.1) is 14.2 Å². The summed E-state index contributed by atoms with van der Waals surface area (Å²) >= 11 is 0. The maximum Gasteiger partial charge on any atom is 0.183 e. The molecule has 5 nitrogen and oxygen atoms in total. The van der Waals surface area contributed by atoms with Crippen molar-refractivity contribution in [2.45, 2.75) is 31.8 Å². The number of nitrogens with zero attached hydrogens (tertiary/aromatic N) is 2. The van der Waals surface area contributed by atoms with Gasteiger partial charge in [0, 0.05) is 31.4 Å². The molecule has 0 saturated carbocycles. The van der Waals surface area contributed by atoms with Crippen LogP contribution in [-0.2, 0) is 6.54 Å². The molecule has 2 rings (SSSR count). The number of methoxy groups -OCH3 is 2. The summed E-state index contributed by atoms with van der Waals surface area (Å²) in [7, 11) is 5.34. The van der Waals surface area contributed by atoms with Crippen LogP contribution in [0.25, 0.3) is 0 Å². The first kappa shape index (κ1) is 15.1. The van der Waals surface area contributed by atoms with E-state index in [-0.39, 0.29) is 0 Å². The summed E-state index contributed by atoms with van der Waals surface area (Å²) in [5.74, 6) is 1.50. The number of hydrogen-bond acceptors (Lipinski definition) is 5. The fraction of sp³-hybridized carbons (Fsp3) is 0.667. The van der Waals surface area contributed by atoms with Gasteiger partial charge in [-0.3, -0.25) is 9.88 Å². The minimum atomic E-state index is 0.575. The molecular formula is C15H25N3O2. The SMILES string of the molecule is CNCC1CCCCN1Cc1nccc(OC)c1OC. The van der Waals surface area contributed by atoms with Crippen molar-refractivity contribution in [3.8, 4) is 11.5 Å². The lowest BCUT2D eigenvalue weighted by atomic mass is 10.0. The second kappa shape index (κ2) is 7.45. The fourth-order valence-electron chi connectivity index (χ4n) is 2.89. The molecule has 1 saturated heterocycles. The highest BCUT2D eigenvalue weighted by atomic mass is 16.5. The van der Waals surface area contributed by atoms with Gasteiger partial charge >= 0.3 is 0 Å². The van der Waals surface area contributed by atoms with E-state index in [1.807, 2.05) is 13.1 Å². The van der Waals surface area contributed by atoms with Gasteiger partial charge in [0.25, 0.3) is 0 Å². The zero-order valence-corrected chi connectivity index (χ0v) is 12.7. The minimum Gasteiger partial charge on any atom is -0.493 e. The Balaban J connectivity index is 2.15. The average Bonchev–Trinajstić information content (AvgIpc) is 2.49. The van der Waals surface area contributed by atoms with Crippen molar-refractivity contribution in [1.29, 1.82) is 0 Å². The Labute approximate surface area is 121 Å². The van der Waals surface area contributed by atoms with Gasteiger partial charge in [-0.25, -0.2) is 0 Å². The Morgan fingerprint density at radius 3 is 2.90 bits per heavy atom. The number of likely N-dealkylation sites (N-methyl/N-ethyl adjacent to an activating group) is 1. The molecule has 20 heavy (non-hydrogen) atoms. The Morgan fingerprint density at radius 2 is 2.20 bits per heavy atom. The van der Waals surface area contributed by atoms with Crippen molar-refractivity contribution in [2.24, 2.45) is 0 Å². The molecule has 1 fully saturated rings. The summed E-state index contributed by atoms with van der Waals surface area (Å²) in [4.78, 5) is 6.97. The predicted molar refractivity (Wildman–Crippen MR) is 79.3 cm³/mol. The number of pyridine rings is 1. The molecule has 5 heteroatoms. The molecule has 0 aliphatic carbocycles. The normalized spacial score (nSPS) is 19.9. The van der Waals surface area contributed by atoms with Gasteiger partial charge in [0.2, 0.25) is 0 Å². The zero-order valence-electron chi connectivity index (χ0n) is 12.7. The van der Waals surface area contributed by atoms with E-state index in [1.165, 1.54) is 19.3 Å². The van der Waals surface area contributed by atoms with Gasteiger partial charge in [-0.15, -0.1) is 0 Å². The second-order valence-electron chi connectivity index (χ2n) is 5.17. The number of ether oxygens (including phenoxy) is 2. The summed E-state index contributed by atoms with van der Waals surface area (Å²) in [6.45, 7) is 2.95. The molecule has 1 aliphatic heterocycles. The van der Waals surface area contributed by atoms with Gasteiger partial charge in [0.15, 0.2) is 11.5 Å². The first-order chi connectivity index (χ1) is 9.80. The van der Waals surface area contributed by atoms with Gasteiger partial charge in [0.1, 0.15) is 5.69 Å². The van der Waals surface area contributed by atoms with E-state index in [4.69, 9.17) is 9.47 Å². The molecule has 1 aromatic rings. The molecule has 2 heterocycles. The maximum absolute atomic E-state index is 5.47. The van der Waals surface area contributed by atoms with Gasteiger partial charge in [-0.1, -0.05) is 6.42 Å². The Morgan fingerprint density at radius 1 is 1.35 bits per heavy atom. The summed E-state index contributed by atoms with van der Waals surface area (Å²) < 4.78 is 10.8. The molecule has 1 aliphatic rings. The van der Waals surface area contributed by atoms with E-state index in [0.29, 0.717) is 6.04 Å². The lowest BCUT2D eigenvalue weighted by molar-refractivity contribution is 0.136. The van der Waals surface area contributed by atoms with E-state index >= 15 is 0 Å². The van der Waals surface area contributed by atoms with Crippen LogP contribution in [0.5, 0.6) is 11.5 Å². The molecule has 0 amide bonds. The zero-order chi connectivity index (χ0) is 14.4. The third kappa shape index (κ3) is 3.41. The van der Waals surface area contributed by atoms with Crippen molar-refractivity contribution < 1.29 is 9.47 Å². The summed E-state index contributed by atoms with van der Waals surface area (Å²) in [5.41, 5.74) is 0.954. The van der Waals surface area contributed by atoms with E-state index in [9.17, 15) is 0 Å². The number of piperidine rings is 1. The largest absolute Gasteiger partial charge is 0.493 e. The quantitative estimate of drug-likeness (QED) is 0.858. The van der Waals surface area contributed by atoms with Crippen LogP contribution < -0.4 is 14.8 Å². The van der Waals surface area contributed by atoms with E-state index < -0.39 is 0 Å². The average molecular weight is 279 g/mol. The van der Waals surface area contributed by atoms with Gasteiger partial charge < -0.3 is 14.8 Å². The molecule has 1 unspecified atom stereocenters. The smallest absolute Gasteiger partial charge is 0.183 e. The molecule has 112 valence electrons. The molecule has 0 aromatic carbocycles. The monoisotopic (exact) mass is 279 g/mol. The lowest BCUT2D eigenvalue weighted by Gasteiger charge is -2.35. The molecule has 1 aromatic heterocycles. The van der Waals surface area contributed by atoms with E-state index in [2.05, 4.69) is 15.2 Å². The number of likely N-dealkylation sites (tertiary alicyclic amines) is 1. The number of rotatable bonds is 6. The Bertz CT molecular complexity index is 424. The molecule has 0 spiro atoms. The lowest BCUT2D eigenvalue weighted by Crippen LogP contribution is -2.44. The number of aromatic nitrogens is 1. The van der Waals surface area contributed by atoms with Crippen LogP contribution in [0.4, 0.5) is 0 Å². The molecule has 1 N–H and O–H groups in total. The standard InChI is InChI=1S/C15H25N3O2/c1-16-10-12-6-4-5-9-18(12)11-13-15(20-3)14(19-2)7-8-17-13/h7-8,12,16H,4-6,9-11H2,1-3H3. The van der Waals surface area contributed by atoms with Crippen LogP contribution in [0.15, 0.2) is 12.3 Å². The van der Waals surface area contributed by atoms with Crippen LogP contribution >= 0.6 is 0 Å². The first-order valence-corrected chi connectivity index (χ1v) is 7.24. The van der Waals surface area contributed by atoms with Crippen molar-refractivity contribution in [3.63, 3.8) is 0 Å². The predicted octanol–water partition coefficient (Wildman–Crippen LogP) is 1.67. The van der Waals surface area contributed by atoms with Crippen LogP contribution in [0.1, 0.15) is 25.0 Å². The highest BCUT2D eigenvalue weighted by molar-refractivity contribution is 5.42. The molecule has 1 atom stereocenters. The Kier molecular flexibility index (Phi) is 5.61. The van der Waals surface area contributed by atoms with Gasteiger partial charge in [-0.2, -0.15) is 0 Å².